The third-order valence-corrected chi connectivity index (χ3v) is 6.71. The van der Waals surface area contributed by atoms with Crippen LogP contribution in [0, 0.1) is 23.2 Å². The number of rotatable bonds is 9. The lowest BCUT2D eigenvalue weighted by atomic mass is 9.82. The van der Waals surface area contributed by atoms with E-state index in [0.717, 1.165) is 53.7 Å². The predicted molar refractivity (Wildman–Crippen MR) is 131 cm³/mol. The molecule has 2 aromatic rings. The van der Waals surface area contributed by atoms with Gasteiger partial charge in [-0.2, -0.15) is 10.4 Å². The third-order valence-electron chi connectivity index (χ3n) is 5.87. The van der Waals surface area contributed by atoms with Gasteiger partial charge in [0.25, 0.3) is 0 Å². The maximum atomic E-state index is 11.8. The number of nitriles is 1. The Bertz CT molecular complexity index is 952. The summed E-state index contributed by atoms with van der Waals surface area (Å²) in [6, 6.07) is 12.5. The van der Waals surface area contributed by atoms with Gasteiger partial charge in [0, 0.05) is 24.9 Å². The van der Waals surface area contributed by atoms with Crippen LogP contribution >= 0.6 is 15.9 Å². The van der Waals surface area contributed by atoms with Crippen molar-refractivity contribution in [1.82, 2.24) is 9.78 Å². The summed E-state index contributed by atoms with van der Waals surface area (Å²) in [4.78, 5) is 11.8. The van der Waals surface area contributed by atoms with Crippen LogP contribution in [0.25, 0.3) is 11.3 Å². The molecule has 1 aliphatic carbocycles. The second-order valence-corrected chi connectivity index (χ2v) is 10.6. The highest BCUT2D eigenvalue weighted by Crippen LogP contribution is 2.35. The zero-order chi connectivity index (χ0) is 23.8. The molecule has 0 atom stereocenters. The van der Waals surface area contributed by atoms with Crippen molar-refractivity contribution in [3.8, 4) is 17.3 Å². The number of hydrogen-bond donors (Lipinski definition) is 0. The van der Waals surface area contributed by atoms with Gasteiger partial charge < -0.3 is 9.47 Å². The Morgan fingerprint density at radius 2 is 1.85 bits per heavy atom. The first kappa shape index (κ1) is 25.5. The van der Waals surface area contributed by atoms with E-state index in [1.165, 1.54) is 0 Å². The van der Waals surface area contributed by atoms with Crippen LogP contribution in [-0.4, -0.2) is 34.6 Å². The van der Waals surface area contributed by atoms with E-state index in [0.29, 0.717) is 31.3 Å². The molecular weight excluding hydrogens is 482 g/mol. The average Bonchev–Trinajstić information content (AvgIpc) is 3.07. The number of aromatic nitrogens is 2. The Kier molecular flexibility index (Phi) is 9.10. The number of carbonyl (C=O) groups is 1. The number of carbonyl (C=O) groups excluding carboxylic acids is 1. The highest BCUT2D eigenvalue weighted by atomic mass is 79.9. The average molecular weight is 516 g/mol. The number of hydrogen-bond acceptors (Lipinski definition) is 5. The Balaban J connectivity index is 1.56. The van der Waals surface area contributed by atoms with Gasteiger partial charge in [-0.05, 0) is 74.2 Å². The number of ether oxygens (including phenoxy) is 2. The Morgan fingerprint density at radius 1 is 1.18 bits per heavy atom. The van der Waals surface area contributed by atoms with E-state index < -0.39 is 5.60 Å². The SMILES string of the molecule is CC(C)(C)OC(=O)COCC1CCC(Cn2nc(CCC#N)c(Br)c2-c2ccccc2)CC1. The summed E-state index contributed by atoms with van der Waals surface area (Å²) in [5, 5.41) is 13.9. The summed E-state index contributed by atoms with van der Waals surface area (Å²) in [6.45, 7) is 7.07. The first-order valence-electron chi connectivity index (χ1n) is 11.7. The molecule has 1 heterocycles. The highest BCUT2D eigenvalue weighted by molar-refractivity contribution is 9.10. The molecule has 0 aliphatic heterocycles. The number of halogens is 1. The van der Waals surface area contributed by atoms with Gasteiger partial charge in [-0.3, -0.25) is 4.68 Å². The largest absolute Gasteiger partial charge is 0.458 e. The summed E-state index contributed by atoms with van der Waals surface area (Å²) < 4.78 is 14.1. The lowest BCUT2D eigenvalue weighted by Gasteiger charge is -2.28. The van der Waals surface area contributed by atoms with Crippen LogP contribution in [0.15, 0.2) is 34.8 Å². The van der Waals surface area contributed by atoms with Crippen LogP contribution in [0.4, 0.5) is 0 Å². The highest BCUT2D eigenvalue weighted by Gasteiger charge is 2.25. The van der Waals surface area contributed by atoms with Gasteiger partial charge in [-0.15, -0.1) is 0 Å². The summed E-state index contributed by atoms with van der Waals surface area (Å²) >= 11 is 3.75. The minimum atomic E-state index is -0.479. The molecule has 0 radical (unpaired) electrons. The van der Waals surface area contributed by atoms with E-state index in [9.17, 15) is 4.79 Å². The van der Waals surface area contributed by atoms with Crippen molar-refractivity contribution >= 4 is 21.9 Å². The lowest BCUT2D eigenvalue weighted by molar-refractivity contribution is -0.160. The second kappa shape index (κ2) is 11.8. The van der Waals surface area contributed by atoms with Crippen LogP contribution in [0.1, 0.15) is 58.6 Å². The molecule has 0 unspecified atom stereocenters. The Morgan fingerprint density at radius 3 is 2.48 bits per heavy atom. The van der Waals surface area contributed by atoms with Crippen molar-refractivity contribution in [1.29, 1.82) is 5.26 Å². The fourth-order valence-corrected chi connectivity index (χ4v) is 5.04. The molecule has 1 aromatic carbocycles. The van der Waals surface area contributed by atoms with Crippen LogP contribution in [0.2, 0.25) is 0 Å². The predicted octanol–water partition coefficient (Wildman–Crippen LogP) is 5.93. The molecule has 1 saturated carbocycles. The molecule has 1 aromatic heterocycles. The van der Waals surface area contributed by atoms with Crippen LogP contribution in [0.5, 0.6) is 0 Å². The number of esters is 1. The molecule has 0 N–H and O–H groups in total. The normalized spacial score (nSPS) is 18.6. The van der Waals surface area contributed by atoms with Gasteiger partial charge in [0.05, 0.1) is 28.5 Å². The summed E-state index contributed by atoms with van der Waals surface area (Å²) in [5.74, 6) is 0.721. The molecule has 3 rings (SSSR count). The molecule has 1 aliphatic rings. The molecule has 6 nitrogen and oxygen atoms in total. The van der Waals surface area contributed by atoms with E-state index in [1.807, 2.05) is 39.0 Å². The minimum Gasteiger partial charge on any atom is -0.458 e. The Labute approximate surface area is 205 Å². The first-order valence-corrected chi connectivity index (χ1v) is 12.5. The molecule has 33 heavy (non-hydrogen) atoms. The molecular formula is C26H34BrN3O3. The number of benzene rings is 1. The second-order valence-electron chi connectivity index (χ2n) is 9.80. The van der Waals surface area contributed by atoms with Gasteiger partial charge in [0.1, 0.15) is 12.2 Å². The monoisotopic (exact) mass is 515 g/mol. The Hall–Kier alpha value is -2.17. The molecule has 0 amide bonds. The zero-order valence-electron chi connectivity index (χ0n) is 19.8. The third kappa shape index (κ3) is 7.68. The van der Waals surface area contributed by atoms with Crippen molar-refractivity contribution < 1.29 is 14.3 Å². The quantitative estimate of drug-likeness (QED) is 0.386. The van der Waals surface area contributed by atoms with Crippen molar-refractivity contribution in [3.63, 3.8) is 0 Å². The van der Waals surface area contributed by atoms with Crippen LogP contribution in [-0.2, 0) is 27.2 Å². The molecule has 0 bridgehead atoms. The fourth-order valence-electron chi connectivity index (χ4n) is 4.33. The minimum absolute atomic E-state index is 0.0183. The van der Waals surface area contributed by atoms with Crippen molar-refractivity contribution in [2.24, 2.45) is 11.8 Å². The molecule has 7 heteroatoms. The zero-order valence-corrected chi connectivity index (χ0v) is 21.4. The fraction of sp³-hybridized carbons (Fsp3) is 0.577. The molecule has 0 saturated heterocycles. The van der Waals surface area contributed by atoms with Gasteiger partial charge in [0.2, 0.25) is 0 Å². The summed E-state index contributed by atoms with van der Waals surface area (Å²) in [5.41, 5.74) is 2.68. The first-order chi connectivity index (χ1) is 15.8. The summed E-state index contributed by atoms with van der Waals surface area (Å²) in [6.07, 6.45) is 5.50. The summed E-state index contributed by atoms with van der Waals surface area (Å²) in [7, 11) is 0. The van der Waals surface area contributed by atoms with E-state index >= 15 is 0 Å². The van der Waals surface area contributed by atoms with Gasteiger partial charge in [-0.25, -0.2) is 4.79 Å². The number of nitrogens with zero attached hydrogens (tertiary/aromatic N) is 3. The lowest BCUT2D eigenvalue weighted by Crippen LogP contribution is -2.28. The van der Waals surface area contributed by atoms with E-state index in [2.05, 4.69) is 38.8 Å². The standard InChI is InChI=1S/C26H34BrN3O3/c1-26(2,3)33-23(31)18-32-17-20-13-11-19(12-14-20)16-30-25(21-8-5-4-6-9-21)24(27)22(29-30)10-7-15-28/h4-6,8-9,19-20H,7,10-14,16-18H2,1-3H3. The van der Waals surface area contributed by atoms with Crippen molar-refractivity contribution in [2.45, 2.75) is 71.4 Å². The van der Waals surface area contributed by atoms with Crippen LogP contribution in [0.3, 0.4) is 0 Å². The van der Waals surface area contributed by atoms with E-state index in [-0.39, 0.29) is 12.6 Å². The van der Waals surface area contributed by atoms with Gasteiger partial charge >= 0.3 is 5.97 Å². The van der Waals surface area contributed by atoms with E-state index in [4.69, 9.17) is 19.8 Å². The topological polar surface area (TPSA) is 77.1 Å². The maximum Gasteiger partial charge on any atom is 0.332 e. The van der Waals surface area contributed by atoms with Crippen LogP contribution < -0.4 is 0 Å². The smallest absolute Gasteiger partial charge is 0.332 e. The molecule has 178 valence electrons. The van der Waals surface area contributed by atoms with Crippen molar-refractivity contribution in [3.05, 3.63) is 40.5 Å². The van der Waals surface area contributed by atoms with Gasteiger partial charge in [-0.1, -0.05) is 30.3 Å². The maximum absolute atomic E-state index is 11.8. The van der Waals surface area contributed by atoms with Crippen molar-refractivity contribution in [2.75, 3.05) is 13.2 Å². The number of aryl methyl sites for hydroxylation is 1. The molecule has 1 fully saturated rings. The molecule has 0 spiro atoms. The van der Waals surface area contributed by atoms with E-state index in [1.54, 1.807) is 0 Å². The van der Waals surface area contributed by atoms with Gasteiger partial charge in [0.15, 0.2) is 0 Å².